The number of aliphatic hydroxyl groups excluding tert-OH is 1. The first-order chi connectivity index (χ1) is 13.8. The number of hydrogen-bond donors (Lipinski definition) is 1. The molecule has 28 heavy (non-hydrogen) atoms. The number of methoxy groups -OCH3 is 1. The van der Waals surface area contributed by atoms with Crippen LogP contribution in [0.3, 0.4) is 0 Å². The SMILES string of the molecule is COC(CO)COCCCCCCCCOc1ccc(-c2ccccc2)cc1. The lowest BCUT2D eigenvalue weighted by atomic mass is 10.1. The van der Waals surface area contributed by atoms with E-state index in [1.807, 2.05) is 18.2 Å². The number of ether oxygens (including phenoxy) is 3. The zero-order valence-electron chi connectivity index (χ0n) is 17.0. The Hall–Kier alpha value is -1.88. The molecule has 0 spiro atoms. The minimum Gasteiger partial charge on any atom is -0.494 e. The molecule has 0 amide bonds. The smallest absolute Gasteiger partial charge is 0.119 e. The fraction of sp³-hybridized carbons (Fsp3) is 0.500. The average molecular weight is 387 g/mol. The fourth-order valence-electron chi connectivity index (χ4n) is 2.99. The molecule has 2 aromatic carbocycles. The summed E-state index contributed by atoms with van der Waals surface area (Å²) in [5.74, 6) is 0.939. The highest BCUT2D eigenvalue weighted by Crippen LogP contribution is 2.22. The third-order valence-corrected chi connectivity index (χ3v) is 4.75. The molecule has 2 aromatic rings. The molecule has 0 aliphatic heterocycles. The molecule has 4 nitrogen and oxygen atoms in total. The Kier molecular flexibility index (Phi) is 11.3. The summed E-state index contributed by atoms with van der Waals surface area (Å²) in [6, 6.07) is 18.7. The summed E-state index contributed by atoms with van der Waals surface area (Å²) in [5.41, 5.74) is 2.44. The molecule has 0 bridgehead atoms. The Bertz CT molecular complexity index is 608. The van der Waals surface area contributed by atoms with Gasteiger partial charge >= 0.3 is 0 Å². The first kappa shape index (κ1) is 22.4. The molecule has 0 aromatic heterocycles. The van der Waals surface area contributed by atoms with Crippen molar-refractivity contribution < 1.29 is 19.3 Å². The van der Waals surface area contributed by atoms with Crippen LogP contribution in [0.5, 0.6) is 5.75 Å². The zero-order chi connectivity index (χ0) is 19.9. The van der Waals surface area contributed by atoms with E-state index in [1.165, 1.54) is 36.8 Å². The minimum absolute atomic E-state index is 0.00966. The van der Waals surface area contributed by atoms with Crippen LogP contribution in [0.1, 0.15) is 38.5 Å². The van der Waals surface area contributed by atoms with Crippen molar-refractivity contribution in [1.82, 2.24) is 0 Å². The van der Waals surface area contributed by atoms with Gasteiger partial charge in [0.15, 0.2) is 0 Å². The molecule has 1 unspecified atom stereocenters. The van der Waals surface area contributed by atoms with Crippen molar-refractivity contribution in [3.05, 3.63) is 54.6 Å². The number of benzene rings is 2. The molecular weight excluding hydrogens is 352 g/mol. The van der Waals surface area contributed by atoms with Crippen LogP contribution in [0, 0.1) is 0 Å². The molecule has 2 rings (SSSR count). The first-order valence-corrected chi connectivity index (χ1v) is 10.3. The van der Waals surface area contributed by atoms with E-state index >= 15 is 0 Å². The summed E-state index contributed by atoms with van der Waals surface area (Å²) in [6.45, 7) is 1.99. The second-order valence-corrected chi connectivity index (χ2v) is 6.98. The highest BCUT2D eigenvalue weighted by Gasteiger charge is 2.04. The van der Waals surface area contributed by atoms with Gasteiger partial charge in [-0.3, -0.25) is 0 Å². The van der Waals surface area contributed by atoms with E-state index in [0.29, 0.717) is 6.61 Å². The van der Waals surface area contributed by atoms with Gasteiger partial charge in [-0.15, -0.1) is 0 Å². The second-order valence-electron chi connectivity index (χ2n) is 6.98. The molecule has 1 N–H and O–H groups in total. The van der Waals surface area contributed by atoms with Gasteiger partial charge in [-0.2, -0.15) is 0 Å². The number of hydrogen-bond acceptors (Lipinski definition) is 4. The first-order valence-electron chi connectivity index (χ1n) is 10.3. The van der Waals surface area contributed by atoms with E-state index in [0.717, 1.165) is 31.8 Å². The Morgan fingerprint density at radius 3 is 2.00 bits per heavy atom. The molecule has 0 fully saturated rings. The Morgan fingerprint density at radius 1 is 0.750 bits per heavy atom. The summed E-state index contributed by atoms with van der Waals surface area (Å²) in [6.07, 6.45) is 6.78. The van der Waals surface area contributed by atoms with E-state index in [2.05, 4.69) is 36.4 Å². The summed E-state index contributed by atoms with van der Waals surface area (Å²) >= 11 is 0. The molecule has 1 atom stereocenters. The molecule has 0 saturated heterocycles. The van der Waals surface area contributed by atoms with Crippen molar-refractivity contribution in [2.75, 3.05) is 33.5 Å². The van der Waals surface area contributed by atoms with Crippen LogP contribution >= 0.6 is 0 Å². The number of unbranched alkanes of at least 4 members (excludes halogenated alkanes) is 5. The standard InChI is InChI=1S/C24H34O4/c1-26-24(19-25)20-27-17-9-4-2-3-5-10-18-28-23-15-13-22(14-16-23)21-11-7-6-8-12-21/h6-8,11-16,24-25H,2-5,9-10,17-20H2,1H3. The average Bonchev–Trinajstić information content (AvgIpc) is 2.76. The van der Waals surface area contributed by atoms with Crippen LogP contribution in [0.15, 0.2) is 54.6 Å². The van der Waals surface area contributed by atoms with E-state index in [9.17, 15) is 0 Å². The lowest BCUT2D eigenvalue weighted by molar-refractivity contribution is -0.0205. The topological polar surface area (TPSA) is 47.9 Å². The van der Waals surface area contributed by atoms with E-state index in [-0.39, 0.29) is 12.7 Å². The Balaban J connectivity index is 1.45. The van der Waals surface area contributed by atoms with Gasteiger partial charge in [0, 0.05) is 13.7 Å². The van der Waals surface area contributed by atoms with Crippen molar-refractivity contribution in [2.45, 2.75) is 44.6 Å². The lowest BCUT2D eigenvalue weighted by Gasteiger charge is -2.12. The molecular formula is C24H34O4. The van der Waals surface area contributed by atoms with E-state index < -0.39 is 0 Å². The minimum atomic E-state index is -0.199. The van der Waals surface area contributed by atoms with Crippen molar-refractivity contribution >= 4 is 0 Å². The predicted octanol–water partition coefficient (Wildman–Crippen LogP) is 5.10. The Morgan fingerprint density at radius 2 is 1.36 bits per heavy atom. The van der Waals surface area contributed by atoms with Crippen LogP contribution < -0.4 is 4.74 Å². The van der Waals surface area contributed by atoms with E-state index in [1.54, 1.807) is 7.11 Å². The van der Waals surface area contributed by atoms with Gasteiger partial charge < -0.3 is 19.3 Å². The maximum Gasteiger partial charge on any atom is 0.119 e. The van der Waals surface area contributed by atoms with Gasteiger partial charge in [-0.25, -0.2) is 0 Å². The second kappa shape index (κ2) is 14.2. The normalized spacial score (nSPS) is 12.1. The third kappa shape index (κ3) is 8.87. The van der Waals surface area contributed by atoms with Crippen LogP contribution in [0.2, 0.25) is 0 Å². The highest BCUT2D eigenvalue weighted by molar-refractivity contribution is 5.63. The quantitative estimate of drug-likeness (QED) is 0.433. The summed E-state index contributed by atoms with van der Waals surface area (Å²) in [5, 5.41) is 8.99. The molecule has 0 radical (unpaired) electrons. The van der Waals surface area contributed by atoms with Gasteiger partial charge in [0.2, 0.25) is 0 Å². The zero-order valence-corrected chi connectivity index (χ0v) is 17.0. The van der Waals surface area contributed by atoms with Crippen LogP contribution in [0.4, 0.5) is 0 Å². The van der Waals surface area contributed by atoms with Crippen molar-refractivity contribution in [3.63, 3.8) is 0 Å². The molecule has 4 heteroatoms. The van der Waals surface area contributed by atoms with Crippen molar-refractivity contribution in [1.29, 1.82) is 0 Å². The Labute approximate surface area is 169 Å². The van der Waals surface area contributed by atoms with Crippen LogP contribution in [-0.4, -0.2) is 44.7 Å². The fourth-order valence-corrected chi connectivity index (χ4v) is 2.99. The van der Waals surface area contributed by atoms with Crippen LogP contribution in [-0.2, 0) is 9.47 Å². The van der Waals surface area contributed by atoms with Gasteiger partial charge in [0.05, 0.1) is 19.8 Å². The molecule has 0 heterocycles. The van der Waals surface area contributed by atoms with E-state index in [4.69, 9.17) is 19.3 Å². The van der Waals surface area contributed by atoms with Gasteiger partial charge in [0.25, 0.3) is 0 Å². The molecule has 154 valence electrons. The largest absolute Gasteiger partial charge is 0.494 e. The maximum atomic E-state index is 8.99. The van der Waals surface area contributed by atoms with Crippen molar-refractivity contribution in [3.8, 4) is 16.9 Å². The maximum absolute atomic E-state index is 8.99. The van der Waals surface area contributed by atoms with Crippen LogP contribution in [0.25, 0.3) is 11.1 Å². The summed E-state index contributed by atoms with van der Waals surface area (Å²) in [4.78, 5) is 0. The van der Waals surface area contributed by atoms with Gasteiger partial charge in [-0.1, -0.05) is 68.1 Å². The molecule has 0 aliphatic carbocycles. The monoisotopic (exact) mass is 386 g/mol. The summed E-state index contributed by atoms with van der Waals surface area (Å²) < 4.78 is 16.4. The van der Waals surface area contributed by atoms with Gasteiger partial charge in [0.1, 0.15) is 11.9 Å². The molecule has 0 aliphatic rings. The summed E-state index contributed by atoms with van der Waals surface area (Å²) in [7, 11) is 1.59. The number of rotatable bonds is 15. The van der Waals surface area contributed by atoms with Crippen molar-refractivity contribution in [2.24, 2.45) is 0 Å². The number of aliphatic hydroxyl groups is 1. The van der Waals surface area contributed by atoms with Gasteiger partial charge in [-0.05, 0) is 36.1 Å². The molecule has 0 saturated carbocycles. The predicted molar refractivity (Wildman–Crippen MR) is 114 cm³/mol. The lowest BCUT2D eigenvalue weighted by Crippen LogP contribution is -2.22. The third-order valence-electron chi connectivity index (χ3n) is 4.75. The highest BCUT2D eigenvalue weighted by atomic mass is 16.5.